The molecule has 0 atom stereocenters. The van der Waals surface area contributed by atoms with Crippen LogP contribution >= 0.6 is 0 Å². The minimum absolute atomic E-state index is 0.0604. The number of fused-ring (bicyclic) bond motifs is 1. The van der Waals surface area contributed by atoms with E-state index in [1.807, 2.05) is 6.92 Å². The number of imidazole rings is 1. The highest BCUT2D eigenvalue weighted by atomic mass is 19.1. The molecular weight excluding hydrogens is 382 g/mol. The monoisotopic (exact) mass is 402 g/mol. The molecule has 2 aromatic heterocycles. The first-order chi connectivity index (χ1) is 13.9. The van der Waals surface area contributed by atoms with Gasteiger partial charge in [0.25, 0.3) is 0 Å². The third-order valence-corrected chi connectivity index (χ3v) is 4.75. The van der Waals surface area contributed by atoms with Gasteiger partial charge in [-0.15, -0.1) is 0 Å². The van der Waals surface area contributed by atoms with Gasteiger partial charge in [0, 0.05) is 6.20 Å². The van der Waals surface area contributed by atoms with Crippen molar-refractivity contribution in [3.05, 3.63) is 64.6 Å². The van der Waals surface area contributed by atoms with E-state index < -0.39 is 11.6 Å². The number of benzene rings is 1. The Balaban J connectivity index is 1.62. The normalized spacial score (nSPS) is 14.2. The van der Waals surface area contributed by atoms with Crippen LogP contribution in [0.5, 0.6) is 5.75 Å². The van der Waals surface area contributed by atoms with Crippen LogP contribution in [0, 0.1) is 25.5 Å². The molecule has 0 spiro atoms. The summed E-state index contributed by atoms with van der Waals surface area (Å²) in [7, 11) is 0. The van der Waals surface area contributed by atoms with Crippen molar-refractivity contribution in [3.8, 4) is 5.75 Å². The maximum absolute atomic E-state index is 13.9. The van der Waals surface area contributed by atoms with Gasteiger partial charge in [0.2, 0.25) is 5.78 Å². The summed E-state index contributed by atoms with van der Waals surface area (Å²) in [5.41, 5.74) is 1.96. The predicted molar refractivity (Wildman–Crippen MR) is 100 cm³/mol. The smallest absolute Gasteiger partial charge is 0.207 e. The number of aromatic nitrogens is 2. The van der Waals surface area contributed by atoms with E-state index in [1.165, 1.54) is 18.2 Å². The Hall–Kier alpha value is -2.84. The molecule has 0 unspecified atom stereocenters. The Bertz CT molecular complexity index is 1060. The Morgan fingerprint density at radius 1 is 1.28 bits per heavy atom. The number of Topliss-reactive ketones (excluding diaryl/α,β-unsaturated/α-hetero) is 1. The van der Waals surface area contributed by atoms with Gasteiger partial charge in [-0.05, 0) is 37.6 Å². The molecule has 1 aliphatic heterocycles. The van der Waals surface area contributed by atoms with Crippen molar-refractivity contribution in [2.45, 2.75) is 26.6 Å². The molecule has 1 aromatic carbocycles. The van der Waals surface area contributed by atoms with Gasteiger partial charge in [0.15, 0.2) is 11.4 Å². The van der Waals surface area contributed by atoms with E-state index in [4.69, 9.17) is 14.2 Å². The quantitative estimate of drug-likeness (QED) is 0.567. The van der Waals surface area contributed by atoms with Gasteiger partial charge in [-0.25, -0.2) is 13.8 Å². The van der Waals surface area contributed by atoms with Gasteiger partial charge in [-0.1, -0.05) is 6.07 Å². The molecule has 8 heteroatoms. The van der Waals surface area contributed by atoms with Gasteiger partial charge < -0.3 is 14.2 Å². The third-order valence-electron chi connectivity index (χ3n) is 4.75. The Kier molecular flexibility index (Phi) is 5.29. The van der Waals surface area contributed by atoms with Crippen LogP contribution in [0.4, 0.5) is 8.78 Å². The maximum Gasteiger partial charge on any atom is 0.207 e. The first-order valence-electron chi connectivity index (χ1n) is 9.21. The number of pyridine rings is 1. The predicted octanol–water partition coefficient (Wildman–Crippen LogP) is 3.41. The molecule has 6 nitrogen and oxygen atoms in total. The SMILES string of the molecule is Cc1cc(OCc2c(F)cccc2F)c2nc(C)c(C(=O)COC3COC3)n2c1. The number of carbonyl (C=O) groups is 1. The minimum Gasteiger partial charge on any atom is -0.485 e. The summed E-state index contributed by atoms with van der Waals surface area (Å²) in [6.45, 7) is 4.17. The summed E-state index contributed by atoms with van der Waals surface area (Å²) in [6.07, 6.45) is 1.71. The van der Waals surface area contributed by atoms with Crippen LogP contribution in [-0.4, -0.2) is 41.1 Å². The van der Waals surface area contributed by atoms with E-state index in [1.54, 1.807) is 23.6 Å². The van der Waals surface area contributed by atoms with Gasteiger partial charge in [-0.2, -0.15) is 0 Å². The van der Waals surface area contributed by atoms with Crippen molar-refractivity contribution >= 4 is 11.4 Å². The fourth-order valence-electron chi connectivity index (χ4n) is 3.19. The van der Waals surface area contributed by atoms with E-state index in [-0.39, 0.29) is 30.7 Å². The van der Waals surface area contributed by atoms with E-state index in [0.29, 0.717) is 36.0 Å². The Labute approximate surface area is 166 Å². The zero-order valence-corrected chi connectivity index (χ0v) is 16.1. The van der Waals surface area contributed by atoms with E-state index >= 15 is 0 Å². The molecule has 3 aromatic rings. The van der Waals surface area contributed by atoms with Crippen LogP contribution < -0.4 is 4.74 Å². The lowest BCUT2D eigenvalue weighted by atomic mass is 10.2. The fraction of sp³-hybridized carbons (Fsp3) is 0.333. The molecule has 0 aliphatic carbocycles. The van der Waals surface area contributed by atoms with Gasteiger partial charge in [0.1, 0.15) is 36.6 Å². The third kappa shape index (κ3) is 3.86. The average molecular weight is 402 g/mol. The van der Waals surface area contributed by atoms with E-state index in [9.17, 15) is 13.6 Å². The van der Waals surface area contributed by atoms with Crippen molar-refractivity contribution in [3.63, 3.8) is 0 Å². The number of ketones is 1. The number of halogens is 2. The molecule has 4 rings (SSSR count). The second kappa shape index (κ2) is 7.88. The van der Waals surface area contributed by atoms with Crippen molar-refractivity contribution in [2.75, 3.05) is 19.8 Å². The van der Waals surface area contributed by atoms with Crippen LogP contribution in [0.15, 0.2) is 30.5 Å². The lowest BCUT2D eigenvalue weighted by Gasteiger charge is -2.25. The molecule has 29 heavy (non-hydrogen) atoms. The highest BCUT2D eigenvalue weighted by molar-refractivity contribution is 5.97. The molecule has 0 N–H and O–H groups in total. The maximum atomic E-state index is 13.9. The number of nitrogens with zero attached hydrogens (tertiary/aromatic N) is 2. The summed E-state index contributed by atoms with van der Waals surface area (Å²) in [5.74, 6) is -1.23. The lowest BCUT2D eigenvalue weighted by Crippen LogP contribution is -2.37. The van der Waals surface area contributed by atoms with Crippen LogP contribution in [-0.2, 0) is 16.1 Å². The van der Waals surface area contributed by atoms with Crippen LogP contribution in [0.2, 0.25) is 0 Å². The first kappa shape index (κ1) is 19.5. The second-order valence-electron chi connectivity index (χ2n) is 7.00. The molecule has 152 valence electrons. The van der Waals surface area contributed by atoms with Crippen molar-refractivity contribution in [1.82, 2.24) is 9.38 Å². The van der Waals surface area contributed by atoms with Crippen LogP contribution in [0.25, 0.3) is 5.65 Å². The Morgan fingerprint density at radius 3 is 2.66 bits per heavy atom. The molecular formula is C21H20F2N2O4. The summed E-state index contributed by atoms with van der Waals surface area (Å²) < 4.78 is 45.7. The lowest BCUT2D eigenvalue weighted by molar-refractivity contribution is -0.123. The number of carbonyl (C=O) groups excluding carboxylic acids is 1. The number of hydrogen-bond acceptors (Lipinski definition) is 5. The topological polar surface area (TPSA) is 62.1 Å². The van der Waals surface area contributed by atoms with Crippen molar-refractivity contribution in [1.29, 1.82) is 0 Å². The highest BCUT2D eigenvalue weighted by Crippen LogP contribution is 2.26. The van der Waals surface area contributed by atoms with Gasteiger partial charge >= 0.3 is 0 Å². The molecule has 1 saturated heterocycles. The van der Waals surface area contributed by atoms with E-state index in [0.717, 1.165) is 5.56 Å². The summed E-state index contributed by atoms with van der Waals surface area (Å²) in [5, 5.41) is 0. The fourth-order valence-corrected chi connectivity index (χ4v) is 3.19. The highest BCUT2D eigenvalue weighted by Gasteiger charge is 2.24. The van der Waals surface area contributed by atoms with Crippen molar-refractivity contribution in [2.24, 2.45) is 0 Å². The molecule has 0 bridgehead atoms. The first-order valence-corrected chi connectivity index (χ1v) is 9.21. The standard InChI is InChI=1S/C21H20F2N2O4/c1-12-6-19(29-10-15-16(22)4-3-5-17(15)23)21-24-13(2)20(25(21)7-12)18(26)11-28-14-8-27-9-14/h3-7,14H,8-11H2,1-2H3. The molecule has 0 radical (unpaired) electrons. The largest absolute Gasteiger partial charge is 0.485 e. The number of ether oxygens (including phenoxy) is 3. The molecule has 0 amide bonds. The zero-order chi connectivity index (χ0) is 20.5. The zero-order valence-electron chi connectivity index (χ0n) is 16.1. The minimum atomic E-state index is -0.679. The summed E-state index contributed by atoms with van der Waals surface area (Å²) in [4.78, 5) is 17.2. The number of aryl methyl sites for hydroxylation is 2. The summed E-state index contributed by atoms with van der Waals surface area (Å²) in [6, 6.07) is 5.37. The van der Waals surface area contributed by atoms with Crippen molar-refractivity contribution < 1.29 is 27.8 Å². The molecule has 1 fully saturated rings. The molecule has 0 saturated carbocycles. The number of rotatable bonds is 7. The van der Waals surface area contributed by atoms with Gasteiger partial charge in [0.05, 0.1) is 24.5 Å². The van der Waals surface area contributed by atoms with Crippen LogP contribution in [0.3, 0.4) is 0 Å². The molecule has 3 heterocycles. The molecule has 1 aliphatic rings. The van der Waals surface area contributed by atoms with E-state index in [2.05, 4.69) is 4.98 Å². The summed E-state index contributed by atoms with van der Waals surface area (Å²) >= 11 is 0. The van der Waals surface area contributed by atoms with Gasteiger partial charge in [-0.3, -0.25) is 9.20 Å². The van der Waals surface area contributed by atoms with Crippen LogP contribution in [0.1, 0.15) is 27.3 Å². The number of hydrogen-bond donors (Lipinski definition) is 0. The second-order valence-corrected chi connectivity index (χ2v) is 7.00. The average Bonchev–Trinajstić information content (AvgIpc) is 2.95. The Morgan fingerprint density at radius 2 is 2.00 bits per heavy atom.